The van der Waals surface area contributed by atoms with Crippen LogP contribution < -0.4 is 10.6 Å². The Balaban J connectivity index is 2.00. The zero-order valence-corrected chi connectivity index (χ0v) is 18.2. The van der Waals surface area contributed by atoms with Crippen LogP contribution in [0.4, 0.5) is 5.69 Å². The van der Waals surface area contributed by atoms with Crippen LogP contribution in [-0.2, 0) is 5.41 Å². The van der Waals surface area contributed by atoms with Gasteiger partial charge in [-0.2, -0.15) is 0 Å². The number of phenols is 1. The molecule has 0 aliphatic carbocycles. The van der Waals surface area contributed by atoms with Gasteiger partial charge in [0.05, 0.1) is 5.69 Å². The van der Waals surface area contributed by atoms with E-state index >= 15 is 0 Å². The summed E-state index contributed by atoms with van der Waals surface area (Å²) >= 11 is 0. The highest BCUT2D eigenvalue weighted by Crippen LogP contribution is 2.33. The molecule has 3 heteroatoms. The molecule has 3 aromatic carbocycles. The Morgan fingerprint density at radius 3 is 2.25 bits per heavy atom. The number of benzene rings is 3. The van der Waals surface area contributed by atoms with Gasteiger partial charge in [-0.05, 0) is 54.4 Å². The van der Waals surface area contributed by atoms with Crippen LogP contribution in [0.3, 0.4) is 0 Å². The van der Waals surface area contributed by atoms with Gasteiger partial charge in [0.25, 0.3) is 0 Å². The molecular weight excluding hydrogens is 361 g/mol. The van der Waals surface area contributed by atoms with Crippen LogP contribution in [0.5, 0.6) is 5.75 Å². The van der Waals surface area contributed by atoms with Crippen LogP contribution in [0.25, 0.3) is 0 Å². The minimum absolute atomic E-state index is 0.0970. The average Bonchev–Trinajstić information content (AvgIpc) is 2.64. The van der Waals surface area contributed by atoms with Crippen LogP contribution in [0.2, 0.25) is 0 Å². The van der Waals surface area contributed by atoms with Crippen molar-refractivity contribution in [1.29, 1.82) is 0 Å². The molecule has 2 nitrogen and oxygen atoms in total. The molecular formula is C25H28NOP. The number of para-hydroxylation sites is 1. The second-order valence-corrected chi connectivity index (χ2v) is 9.60. The lowest BCUT2D eigenvalue weighted by molar-refractivity contribution is 0.450. The van der Waals surface area contributed by atoms with Gasteiger partial charge in [0.2, 0.25) is 0 Å². The highest BCUT2D eigenvalue weighted by atomic mass is 31.1. The fourth-order valence-electron chi connectivity index (χ4n) is 3.15. The molecule has 0 bridgehead atoms. The van der Waals surface area contributed by atoms with E-state index in [9.17, 15) is 5.11 Å². The molecule has 3 aromatic rings. The van der Waals surface area contributed by atoms with E-state index in [1.54, 1.807) is 0 Å². The van der Waals surface area contributed by atoms with Gasteiger partial charge in [0.15, 0.2) is 0 Å². The molecule has 1 atom stereocenters. The zero-order chi connectivity index (χ0) is 20.3. The zero-order valence-electron chi connectivity index (χ0n) is 17.2. The molecule has 3 rings (SSSR count). The maximum Gasteiger partial charge on any atom is 0.127 e. The molecule has 1 unspecified atom stereocenters. The van der Waals surface area contributed by atoms with E-state index in [0.29, 0.717) is 14.3 Å². The van der Waals surface area contributed by atoms with Crippen molar-refractivity contribution in [3.05, 3.63) is 82.9 Å². The first kappa shape index (κ1) is 20.3. The molecule has 0 fully saturated rings. The second-order valence-electron chi connectivity index (χ2n) is 8.27. The molecule has 0 aromatic heterocycles. The molecule has 0 saturated carbocycles. The summed E-state index contributed by atoms with van der Waals surface area (Å²) < 4.78 is 0. The molecule has 0 saturated heterocycles. The Morgan fingerprint density at radius 1 is 0.857 bits per heavy atom. The number of hydrogen-bond acceptors (Lipinski definition) is 2. The van der Waals surface area contributed by atoms with Crippen LogP contribution in [0.1, 0.15) is 43.0 Å². The molecule has 0 heterocycles. The highest BCUT2D eigenvalue weighted by molar-refractivity contribution is 7.56. The number of phenolic OH excluding ortho intramolecular Hbond substituents is 1. The van der Waals surface area contributed by atoms with Crippen molar-refractivity contribution in [3.8, 4) is 5.75 Å². The fraction of sp³-hybridized carbons (Fsp3) is 0.240. The van der Waals surface area contributed by atoms with Crippen molar-refractivity contribution in [1.82, 2.24) is 0 Å². The summed E-state index contributed by atoms with van der Waals surface area (Å²) in [7, 11) is 0.369. The number of aryl methyl sites for hydroxylation is 2. The van der Waals surface area contributed by atoms with Gasteiger partial charge in [-0.15, -0.1) is 0 Å². The summed E-state index contributed by atoms with van der Waals surface area (Å²) in [4.78, 5) is 4.63. The largest absolute Gasteiger partial charge is 0.507 e. The Kier molecular flexibility index (Phi) is 6.01. The van der Waals surface area contributed by atoms with E-state index < -0.39 is 0 Å². The molecule has 0 spiro atoms. The summed E-state index contributed by atoms with van der Waals surface area (Å²) in [6.45, 7) is 10.6. The van der Waals surface area contributed by atoms with E-state index in [1.165, 1.54) is 16.4 Å². The number of hydrogen-bond donors (Lipinski definition) is 1. The van der Waals surface area contributed by atoms with Crippen molar-refractivity contribution < 1.29 is 5.11 Å². The predicted molar refractivity (Wildman–Crippen MR) is 124 cm³/mol. The van der Waals surface area contributed by atoms with Crippen LogP contribution >= 0.6 is 8.58 Å². The van der Waals surface area contributed by atoms with Gasteiger partial charge in [-0.1, -0.05) is 71.3 Å². The van der Waals surface area contributed by atoms with Crippen LogP contribution in [-0.4, -0.2) is 11.3 Å². The minimum Gasteiger partial charge on any atom is -0.507 e. The summed E-state index contributed by atoms with van der Waals surface area (Å²) in [6.07, 6.45) is 1.93. The number of nitrogens with zero attached hydrogens (tertiary/aromatic N) is 1. The van der Waals surface area contributed by atoms with E-state index in [1.807, 2.05) is 36.5 Å². The maximum atomic E-state index is 10.9. The lowest BCUT2D eigenvalue weighted by Gasteiger charge is -2.23. The predicted octanol–water partition coefficient (Wildman–Crippen LogP) is 5.69. The van der Waals surface area contributed by atoms with Crippen LogP contribution in [0, 0.1) is 13.8 Å². The van der Waals surface area contributed by atoms with E-state index in [-0.39, 0.29) is 5.41 Å². The minimum atomic E-state index is -0.0970. The Bertz CT molecular complexity index is 1000. The second kappa shape index (κ2) is 8.29. The normalized spacial score (nSPS) is 12.3. The highest BCUT2D eigenvalue weighted by Gasteiger charge is 2.21. The Morgan fingerprint density at radius 2 is 1.57 bits per heavy atom. The average molecular weight is 389 g/mol. The summed E-state index contributed by atoms with van der Waals surface area (Å²) in [5.41, 5.74) is 5.32. The molecule has 144 valence electrons. The standard InChI is InChI=1S/C25H28NOP/c1-17-11-12-22(19(13-17)16-26-20-9-7-6-8-10-20)28-23-15-18(2)14-21(24(23)27)25(3,4)5/h6-16,27-28H,1-5H3/b26-16+. The third-order valence-electron chi connectivity index (χ3n) is 4.65. The van der Waals surface area contributed by atoms with Crippen LogP contribution in [0.15, 0.2) is 65.7 Å². The smallest absolute Gasteiger partial charge is 0.127 e. The molecule has 0 aliphatic rings. The van der Waals surface area contributed by atoms with Gasteiger partial charge in [-0.3, -0.25) is 4.99 Å². The molecule has 0 radical (unpaired) electrons. The fourth-order valence-corrected chi connectivity index (χ4v) is 4.44. The molecule has 28 heavy (non-hydrogen) atoms. The van der Waals surface area contributed by atoms with Gasteiger partial charge in [0, 0.05) is 22.6 Å². The van der Waals surface area contributed by atoms with Crippen molar-refractivity contribution in [2.75, 3.05) is 0 Å². The number of aromatic hydroxyl groups is 1. The molecule has 1 N–H and O–H groups in total. The van der Waals surface area contributed by atoms with Crippen molar-refractivity contribution in [2.45, 2.75) is 40.0 Å². The lowest BCUT2D eigenvalue weighted by Crippen LogP contribution is -2.17. The van der Waals surface area contributed by atoms with E-state index in [4.69, 9.17) is 0 Å². The van der Waals surface area contributed by atoms with Gasteiger partial charge in [0.1, 0.15) is 5.75 Å². The quantitative estimate of drug-likeness (QED) is 0.451. The Hall–Kier alpha value is -2.44. The summed E-state index contributed by atoms with van der Waals surface area (Å²) in [6, 6.07) is 20.6. The van der Waals surface area contributed by atoms with E-state index in [0.717, 1.165) is 22.1 Å². The third-order valence-corrected chi connectivity index (χ3v) is 6.02. The lowest BCUT2D eigenvalue weighted by atomic mass is 9.85. The summed E-state index contributed by atoms with van der Waals surface area (Å²) in [5, 5.41) is 13.1. The van der Waals surface area contributed by atoms with Crippen molar-refractivity contribution in [3.63, 3.8) is 0 Å². The first-order valence-electron chi connectivity index (χ1n) is 9.55. The van der Waals surface area contributed by atoms with Crippen molar-refractivity contribution >= 4 is 31.1 Å². The van der Waals surface area contributed by atoms with Gasteiger partial charge < -0.3 is 5.11 Å². The monoisotopic (exact) mass is 389 g/mol. The topological polar surface area (TPSA) is 32.6 Å². The van der Waals surface area contributed by atoms with Gasteiger partial charge in [-0.25, -0.2) is 0 Å². The van der Waals surface area contributed by atoms with Gasteiger partial charge >= 0.3 is 0 Å². The first-order valence-corrected chi connectivity index (χ1v) is 10.5. The first-order chi connectivity index (χ1) is 13.2. The Labute approximate surface area is 170 Å². The maximum absolute atomic E-state index is 10.9. The van der Waals surface area contributed by atoms with E-state index in [2.05, 4.69) is 69.9 Å². The number of rotatable bonds is 4. The molecule has 0 aliphatic heterocycles. The summed E-state index contributed by atoms with van der Waals surface area (Å²) in [5.74, 6) is 0.419. The third kappa shape index (κ3) is 4.88. The van der Waals surface area contributed by atoms with Crippen molar-refractivity contribution in [2.24, 2.45) is 4.99 Å². The molecule has 0 amide bonds. The SMILES string of the molecule is Cc1ccc(Pc2cc(C)cc(C(C)(C)C)c2O)c(/C=N/c2ccccc2)c1. The number of aliphatic imine (C=N–C) groups is 1.